The van der Waals surface area contributed by atoms with E-state index in [9.17, 15) is 4.79 Å². The first-order chi connectivity index (χ1) is 6.90. The largest absolute Gasteiger partial charge is 0.317 e. The summed E-state index contributed by atoms with van der Waals surface area (Å²) in [6.07, 6.45) is 6.63. The molecule has 0 saturated carbocycles. The van der Waals surface area contributed by atoms with E-state index in [0.717, 1.165) is 32.2 Å². The molecule has 1 aromatic rings. The number of piperidine rings is 1. The number of rotatable bonds is 2. The first-order valence-electron chi connectivity index (χ1n) is 5.01. The highest BCUT2D eigenvalue weighted by Gasteiger charge is 2.15. The minimum atomic E-state index is 0.573. The predicted octanol–water partition coefficient (Wildman–Crippen LogP) is 1.36. The van der Waals surface area contributed by atoms with Crippen molar-refractivity contribution in [3.8, 4) is 0 Å². The summed E-state index contributed by atoms with van der Waals surface area (Å²) >= 11 is 0. The van der Waals surface area contributed by atoms with Gasteiger partial charge in [0.05, 0.1) is 0 Å². The maximum Gasteiger partial charge on any atom is 0.151 e. The van der Waals surface area contributed by atoms with Gasteiger partial charge in [0.1, 0.15) is 0 Å². The minimum Gasteiger partial charge on any atom is -0.317 e. The molecule has 0 atom stereocenters. The van der Waals surface area contributed by atoms with Gasteiger partial charge in [0.15, 0.2) is 6.29 Å². The number of nitrogens with zero attached hydrogens (tertiary/aromatic N) is 1. The zero-order valence-electron chi connectivity index (χ0n) is 8.07. The maximum atomic E-state index is 10.6. The van der Waals surface area contributed by atoms with Crippen LogP contribution in [0.15, 0.2) is 18.5 Å². The minimum absolute atomic E-state index is 0.573. The first-order valence-corrected chi connectivity index (χ1v) is 5.01. The van der Waals surface area contributed by atoms with Crippen molar-refractivity contribution in [2.45, 2.75) is 18.8 Å². The maximum absolute atomic E-state index is 10.6. The smallest absolute Gasteiger partial charge is 0.151 e. The fraction of sp³-hybridized carbons (Fsp3) is 0.455. The lowest BCUT2D eigenvalue weighted by atomic mass is 9.91. The third kappa shape index (κ3) is 1.99. The highest BCUT2D eigenvalue weighted by Crippen LogP contribution is 2.24. The molecule has 2 rings (SSSR count). The molecule has 0 unspecified atom stereocenters. The van der Waals surface area contributed by atoms with Crippen LogP contribution in [0.25, 0.3) is 0 Å². The second kappa shape index (κ2) is 4.33. The number of carbonyl (C=O) groups excluding carboxylic acids is 1. The molecule has 1 N–H and O–H groups in total. The van der Waals surface area contributed by atoms with E-state index in [-0.39, 0.29) is 0 Å². The van der Waals surface area contributed by atoms with Crippen molar-refractivity contribution in [2.75, 3.05) is 13.1 Å². The standard InChI is InChI=1S/C11H14N2O/c14-8-9-5-11(7-13-6-9)10-1-3-12-4-2-10/h5-8,10,12H,1-4H2. The molecule has 1 saturated heterocycles. The Balaban J connectivity index is 2.17. The van der Waals surface area contributed by atoms with Crippen LogP contribution in [0.4, 0.5) is 0 Å². The van der Waals surface area contributed by atoms with Gasteiger partial charge in [-0.3, -0.25) is 9.78 Å². The van der Waals surface area contributed by atoms with Gasteiger partial charge in [0.25, 0.3) is 0 Å². The van der Waals surface area contributed by atoms with Crippen LogP contribution in [0.5, 0.6) is 0 Å². The molecular formula is C11H14N2O. The van der Waals surface area contributed by atoms with E-state index in [1.165, 1.54) is 5.56 Å². The van der Waals surface area contributed by atoms with Gasteiger partial charge in [0, 0.05) is 18.0 Å². The highest BCUT2D eigenvalue weighted by atomic mass is 16.1. The first kappa shape index (κ1) is 9.34. The molecule has 1 fully saturated rings. The Morgan fingerprint density at radius 3 is 2.86 bits per heavy atom. The molecule has 0 aliphatic carbocycles. The van der Waals surface area contributed by atoms with Crippen molar-refractivity contribution in [1.82, 2.24) is 10.3 Å². The van der Waals surface area contributed by atoms with E-state index in [2.05, 4.69) is 10.3 Å². The molecule has 14 heavy (non-hydrogen) atoms. The number of aromatic nitrogens is 1. The fourth-order valence-corrected chi connectivity index (χ4v) is 1.92. The summed E-state index contributed by atoms with van der Waals surface area (Å²) in [5.74, 6) is 0.573. The topological polar surface area (TPSA) is 42.0 Å². The van der Waals surface area contributed by atoms with Crippen LogP contribution >= 0.6 is 0 Å². The monoisotopic (exact) mass is 190 g/mol. The zero-order valence-corrected chi connectivity index (χ0v) is 8.07. The molecule has 1 aliphatic heterocycles. The molecule has 0 radical (unpaired) electrons. The molecule has 3 heteroatoms. The zero-order chi connectivity index (χ0) is 9.80. The van der Waals surface area contributed by atoms with Crippen molar-refractivity contribution in [2.24, 2.45) is 0 Å². The quantitative estimate of drug-likeness (QED) is 0.716. The number of aldehydes is 1. The number of pyridine rings is 1. The van der Waals surface area contributed by atoms with Crippen LogP contribution in [0.3, 0.4) is 0 Å². The average Bonchev–Trinajstić information content (AvgIpc) is 2.30. The molecule has 0 aromatic carbocycles. The summed E-state index contributed by atoms with van der Waals surface area (Å²) in [4.78, 5) is 14.7. The number of hydrogen-bond donors (Lipinski definition) is 1. The molecule has 1 aromatic heterocycles. The summed E-state index contributed by atoms with van der Waals surface area (Å²) in [6, 6.07) is 1.95. The van der Waals surface area contributed by atoms with Crippen LogP contribution in [0.2, 0.25) is 0 Å². The van der Waals surface area contributed by atoms with E-state index < -0.39 is 0 Å². The molecule has 74 valence electrons. The summed E-state index contributed by atoms with van der Waals surface area (Å²) in [5, 5.41) is 3.32. The van der Waals surface area contributed by atoms with Crippen molar-refractivity contribution < 1.29 is 4.79 Å². The molecule has 1 aliphatic rings. The van der Waals surface area contributed by atoms with Gasteiger partial charge < -0.3 is 5.32 Å². The Labute approximate surface area is 83.5 Å². The highest BCUT2D eigenvalue weighted by molar-refractivity contribution is 5.74. The van der Waals surface area contributed by atoms with Crippen molar-refractivity contribution in [1.29, 1.82) is 0 Å². The van der Waals surface area contributed by atoms with Gasteiger partial charge in [-0.2, -0.15) is 0 Å². The van der Waals surface area contributed by atoms with E-state index in [1.54, 1.807) is 6.20 Å². The number of nitrogens with one attached hydrogen (secondary N) is 1. The fourth-order valence-electron chi connectivity index (χ4n) is 1.92. The number of hydrogen-bond acceptors (Lipinski definition) is 3. The van der Waals surface area contributed by atoms with E-state index >= 15 is 0 Å². The third-order valence-electron chi connectivity index (χ3n) is 2.73. The molecule has 0 spiro atoms. The van der Waals surface area contributed by atoms with Crippen LogP contribution in [0, 0.1) is 0 Å². The third-order valence-corrected chi connectivity index (χ3v) is 2.73. The Morgan fingerprint density at radius 1 is 1.36 bits per heavy atom. The predicted molar refractivity (Wildman–Crippen MR) is 54.5 cm³/mol. The van der Waals surface area contributed by atoms with Gasteiger partial charge in [-0.15, -0.1) is 0 Å². The lowest BCUT2D eigenvalue weighted by Crippen LogP contribution is -2.26. The van der Waals surface area contributed by atoms with E-state index in [0.29, 0.717) is 11.5 Å². The van der Waals surface area contributed by atoms with Crippen LogP contribution < -0.4 is 5.32 Å². The summed E-state index contributed by atoms with van der Waals surface area (Å²) in [5.41, 5.74) is 1.89. The van der Waals surface area contributed by atoms with Crippen LogP contribution in [-0.2, 0) is 0 Å². The number of carbonyl (C=O) groups is 1. The van der Waals surface area contributed by atoms with Gasteiger partial charge >= 0.3 is 0 Å². The molecular weight excluding hydrogens is 176 g/mol. The van der Waals surface area contributed by atoms with Crippen LogP contribution in [-0.4, -0.2) is 24.4 Å². The molecule has 2 heterocycles. The Bertz CT molecular complexity index is 319. The second-order valence-electron chi connectivity index (χ2n) is 3.69. The van der Waals surface area contributed by atoms with Gasteiger partial charge in [-0.05, 0) is 43.5 Å². The summed E-state index contributed by atoms with van der Waals surface area (Å²) < 4.78 is 0. The Hall–Kier alpha value is -1.22. The SMILES string of the molecule is O=Cc1cncc(C2CCNCC2)c1. The van der Waals surface area contributed by atoms with E-state index in [4.69, 9.17) is 0 Å². The van der Waals surface area contributed by atoms with E-state index in [1.807, 2.05) is 12.3 Å². The van der Waals surface area contributed by atoms with Crippen molar-refractivity contribution >= 4 is 6.29 Å². The lowest BCUT2D eigenvalue weighted by Gasteiger charge is -2.22. The van der Waals surface area contributed by atoms with Crippen molar-refractivity contribution in [3.63, 3.8) is 0 Å². The summed E-state index contributed by atoms with van der Waals surface area (Å²) in [6.45, 7) is 2.13. The van der Waals surface area contributed by atoms with Crippen LogP contribution in [0.1, 0.15) is 34.7 Å². The summed E-state index contributed by atoms with van der Waals surface area (Å²) in [7, 11) is 0. The molecule has 0 bridgehead atoms. The second-order valence-corrected chi connectivity index (χ2v) is 3.69. The Kier molecular flexibility index (Phi) is 2.89. The van der Waals surface area contributed by atoms with Crippen molar-refractivity contribution in [3.05, 3.63) is 29.6 Å². The van der Waals surface area contributed by atoms with Gasteiger partial charge in [-0.25, -0.2) is 0 Å². The van der Waals surface area contributed by atoms with Gasteiger partial charge in [-0.1, -0.05) is 0 Å². The molecule has 3 nitrogen and oxygen atoms in total. The average molecular weight is 190 g/mol. The lowest BCUT2D eigenvalue weighted by molar-refractivity contribution is 0.112. The normalized spacial score (nSPS) is 18.0. The molecule has 0 amide bonds. The Morgan fingerprint density at radius 2 is 2.14 bits per heavy atom. The van der Waals surface area contributed by atoms with Gasteiger partial charge in [0.2, 0.25) is 0 Å².